The summed E-state index contributed by atoms with van der Waals surface area (Å²) in [6.45, 7) is 0. The molecule has 1 heteroatoms. The summed E-state index contributed by atoms with van der Waals surface area (Å²) in [6, 6.07) is 4.47. The molecule has 0 aliphatic heterocycles. The van der Waals surface area contributed by atoms with E-state index in [4.69, 9.17) is 0 Å². The van der Waals surface area contributed by atoms with Gasteiger partial charge in [0.2, 0.25) is 0 Å². The minimum absolute atomic E-state index is 0.452. The summed E-state index contributed by atoms with van der Waals surface area (Å²) in [4.78, 5) is 0. The Bertz CT molecular complexity index is 442. The van der Waals surface area contributed by atoms with Crippen LogP contribution in [0.25, 0.3) is 0 Å². The average molecular weight is 209 g/mol. The minimum atomic E-state index is 0.452. The van der Waals surface area contributed by atoms with E-state index in [-0.39, 0.29) is 0 Å². The van der Waals surface area contributed by atoms with Gasteiger partial charge in [-0.25, -0.2) is 0 Å². The first-order chi connectivity index (χ1) is 7.86. The van der Waals surface area contributed by atoms with Gasteiger partial charge in [-0.3, -0.25) is 0 Å². The Kier molecular flexibility index (Phi) is 2.17. The van der Waals surface area contributed by atoms with Crippen molar-refractivity contribution in [3.8, 4) is 0 Å². The molecule has 0 N–H and O–H groups in total. The van der Waals surface area contributed by atoms with Crippen molar-refractivity contribution < 1.29 is 0 Å². The van der Waals surface area contributed by atoms with Crippen molar-refractivity contribution in [2.24, 2.45) is 7.05 Å². The van der Waals surface area contributed by atoms with E-state index in [1.165, 1.54) is 11.4 Å². The van der Waals surface area contributed by atoms with Crippen LogP contribution in [0.4, 0.5) is 0 Å². The van der Waals surface area contributed by atoms with Gasteiger partial charge in [-0.05, 0) is 12.1 Å². The predicted molar refractivity (Wildman–Crippen MR) is 67.5 cm³/mol. The fourth-order valence-corrected chi connectivity index (χ4v) is 2.47. The SMILES string of the molecule is Cn1c(C2C=CC=C2)ccc1C1C=CC=C1. The maximum atomic E-state index is 2.31. The van der Waals surface area contributed by atoms with Gasteiger partial charge in [-0.2, -0.15) is 0 Å². The third-order valence-corrected chi connectivity index (χ3v) is 3.38. The van der Waals surface area contributed by atoms with E-state index in [9.17, 15) is 0 Å². The summed E-state index contributed by atoms with van der Waals surface area (Å²) < 4.78 is 2.31. The Morgan fingerprint density at radius 1 is 0.750 bits per heavy atom. The fourth-order valence-electron chi connectivity index (χ4n) is 2.47. The molecular weight excluding hydrogens is 194 g/mol. The molecule has 80 valence electrons. The lowest BCUT2D eigenvalue weighted by Gasteiger charge is -2.12. The number of nitrogens with zero attached hydrogens (tertiary/aromatic N) is 1. The second kappa shape index (κ2) is 3.67. The average Bonchev–Trinajstić information content (AvgIpc) is 2.96. The van der Waals surface area contributed by atoms with Crippen molar-refractivity contribution in [1.82, 2.24) is 4.57 Å². The van der Waals surface area contributed by atoms with E-state index in [0.29, 0.717) is 11.8 Å². The van der Waals surface area contributed by atoms with Crippen LogP contribution in [0.1, 0.15) is 23.2 Å². The van der Waals surface area contributed by atoms with Crippen LogP contribution in [-0.2, 0) is 7.05 Å². The highest BCUT2D eigenvalue weighted by Gasteiger charge is 2.16. The molecule has 0 unspecified atom stereocenters. The third-order valence-electron chi connectivity index (χ3n) is 3.38. The number of hydrogen-bond donors (Lipinski definition) is 0. The Hall–Kier alpha value is -1.76. The molecule has 1 heterocycles. The fraction of sp³-hybridized carbons (Fsp3) is 0.200. The molecule has 2 aliphatic carbocycles. The van der Waals surface area contributed by atoms with Crippen LogP contribution in [0.3, 0.4) is 0 Å². The third kappa shape index (κ3) is 1.40. The number of hydrogen-bond acceptors (Lipinski definition) is 0. The van der Waals surface area contributed by atoms with Crippen LogP contribution >= 0.6 is 0 Å². The van der Waals surface area contributed by atoms with Crippen molar-refractivity contribution >= 4 is 0 Å². The molecule has 0 aromatic carbocycles. The van der Waals surface area contributed by atoms with Gasteiger partial charge in [0.15, 0.2) is 0 Å². The molecule has 0 bridgehead atoms. The molecule has 1 aromatic rings. The van der Waals surface area contributed by atoms with Gasteiger partial charge < -0.3 is 4.57 Å². The quantitative estimate of drug-likeness (QED) is 0.703. The lowest BCUT2D eigenvalue weighted by Crippen LogP contribution is -2.04. The monoisotopic (exact) mass is 209 g/mol. The van der Waals surface area contributed by atoms with Crippen LogP contribution in [0.15, 0.2) is 60.7 Å². The first-order valence-corrected chi connectivity index (χ1v) is 5.72. The molecule has 0 saturated heterocycles. The van der Waals surface area contributed by atoms with Gasteiger partial charge >= 0.3 is 0 Å². The van der Waals surface area contributed by atoms with E-state index in [1.54, 1.807) is 0 Å². The molecule has 1 nitrogen and oxygen atoms in total. The lowest BCUT2D eigenvalue weighted by molar-refractivity contribution is 0.764. The second-order valence-electron chi connectivity index (χ2n) is 4.33. The molecule has 0 fully saturated rings. The van der Waals surface area contributed by atoms with Gasteiger partial charge in [0, 0.05) is 30.3 Å². The van der Waals surface area contributed by atoms with E-state index in [1.807, 2.05) is 0 Å². The van der Waals surface area contributed by atoms with Crippen molar-refractivity contribution in [3.63, 3.8) is 0 Å². The molecule has 3 rings (SSSR count). The standard InChI is InChI=1S/C15H15N/c1-16-14(12-6-2-3-7-12)10-11-15(16)13-8-4-5-9-13/h2-13H,1H3. The van der Waals surface area contributed by atoms with Crippen molar-refractivity contribution in [2.45, 2.75) is 11.8 Å². The van der Waals surface area contributed by atoms with E-state index >= 15 is 0 Å². The molecule has 1 aromatic heterocycles. The van der Waals surface area contributed by atoms with E-state index in [2.05, 4.69) is 72.4 Å². The van der Waals surface area contributed by atoms with Crippen LogP contribution in [-0.4, -0.2) is 4.57 Å². The normalized spacial score (nSPS) is 19.3. The van der Waals surface area contributed by atoms with Crippen molar-refractivity contribution in [2.75, 3.05) is 0 Å². The topological polar surface area (TPSA) is 4.93 Å². The van der Waals surface area contributed by atoms with Gasteiger partial charge in [-0.1, -0.05) is 48.6 Å². The molecule has 0 radical (unpaired) electrons. The van der Waals surface area contributed by atoms with Crippen LogP contribution in [0.2, 0.25) is 0 Å². The Balaban J connectivity index is 1.97. The highest BCUT2D eigenvalue weighted by Crippen LogP contribution is 2.29. The van der Waals surface area contributed by atoms with Crippen molar-refractivity contribution in [1.29, 1.82) is 0 Å². The molecule has 16 heavy (non-hydrogen) atoms. The van der Waals surface area contributed by atoms with Gasteiger partial charge in [-0.15, -0.1) is 0 Å². The molecule has 2 aliphatic rings. The summed E-state index contributed by atoms with van der Waals surface area (Å²) >= 11 is 0. The number of rotatable bonds is 2. The van der Waals surface area contributed by atoms with Gasteiger partial charge in [0.05, 0.1) is 0 Å². The summed E-state index contributed by atoms with van der Waals surface area (Å²) in [5.74, 6) is 0.904. The Labute approximate surface area is 96.1 Å². The summed E-state index contributed by atoms with van der Waals surface area (Å²) in [7, 11) is 2.16. The summed E-state index contributed by atoms with van der Waals surface area (Å²) in [6.07, 6.45) is 17.4. The zero-order valence-electron chi connectivity index (χ0n) is 9.38. The smallest absolute Gasteiger partial charge is 0.0358 e. The van der Waals surface area contributed by atoms with E-state index < -0.39 is 0 Å². The van der Waals surface area contributed by atoms with Gasteiger partial charge in [0.25, 0.3) is 0 Å². The first kappa shape index (κ1) is 9.46. The van der Waals surface area contributed by atoms with Crippen LogP contribution in [0.5, 0.6) is 0 Å². The molecule has 0 atom stereocenters. The van der Waals surface area contributed by atoms with Crippen LogP contribution < -0.4 is 0 Å². The molecular formula is C15H15N. The predicted octanol–water partition coefficient (Wildman–Crippen LogP) is 3.44. The first-order valence-electron chi connectivity index (χ1n) is 5.72. The van der Waals surface area contributed by atoms with E-state index in [0.717, 1.165) is 0 Å². The van der Waals surface area contributed by atoms with Crippen LogP contribution in [0, 0.1) is 0 Å². The Morgan fingerprint density at radius 3 is 1.50 bits per heavy atom. The lowest BCUT2D eigenvalue weighted by atomic mass is 10.1. The van der Waals surface area contributed by atoms with Gasteiger partial charge in [0.1, 0.15) is 0 Å². The highest BCUT2D eigenvalue weighted by molar-refractivity contribution is 5.38. The largest absolute Gasteiger partial charge is 0.350 e. The zero-order chi connectivity index (χ0) is 11.0. The number of allylic oxidation sites excluding steroid dienone is 8. The Morgan fingerprint density at radius 2 is 1.12 bits per heavy atom. The highest BCUT2D eigenvalue weighted by atomic mass is 15.0. The number of aromatic nitrogens is 1. The molecule has 0 spiro atoms. The molecule has 0 saturated carbocycles. The van der Waals surface area contributed by atoms with Crippen molar-refractivity contribution in [3.05, 3.63) is 72.1 Å². The minimum Gasteiger partial charge on any atom is -0.350 e. The maximum Gasteiger partial charge on any atom is 0.0358 e. The maximum absolute atomic E-state index is 2.31. The second-order valence-corrected chi connectivity index (χ2v) is 4.33. The summed E-state index contributed by atoms with van der Waals surface area (Å²) in [5.41, 5.74) is 2.74. The zero-order valence-corrected chi connectivity index (χ0v) is 9.38. The summed E-state index contributed by atoms with van der Waals surface area (Å²) in [5, 5.41) is 0. The molecule has 0 amide bonds.